The van der Waals surface area contributed by atoms with E-state index in [4.69, 9.17) is 0 Å². The van der Waals surface area contributed by atoms with Gasteiger partial charge in [-0.3, -0.25) is 15.0 Å². The maximum Gasteiger partial charge on any atom is 0.324 e. The Hall–Kier alpha value is -0.980. The van der Waals surface area contributed by atoms with Crippen molar-refractivity contribution in [2.45, 2.75) is 25.4 Å². The average Bonchev–Trinajstić information content (AvgIpc) is 2.90. The van der Waals surface area contributed by atoms with Crippen LogP contribution in [0.5, 0.6) is 0 Å². The Morgan fingerprint density at radius 1 is 1.65 bits per heavy atom. The van der Waals surface area contributed by atoms with E-state index in [1.807, 2.05) is 13.1 Å². The van der Waals surface area contributed by atoms with Crippen molar-refractivity contribution in [1.29, 1.82) is 0 Å². The molecule has 1 N–H and O–H groups in total. The van der Waals surface area contributed by atoms with Gasteiger partial charge in [-0.2, -0.15) is 0 Å². The second-order valence-corrected chi connectivity index (χ2v) is 5.47. The number of nitrogens with one attached hydrogen (secondary N) is 1. The maximum atomic E-state index is 10.6. The molecule has 1 aliphatic heterocycles. The van der Waals surface area contributed by atoms with Gasteiger partial charge in [-0.05, 0) is 32.5 Å². The van der Waals surface area contributed by atoms with Crippen LogP contribution in [0, 0.1) is 10.1 Å². The van der Waals surface area contributed by atoms with Crippen LogP contribution in [-0.4, -0.2) is 36.0 Å². The molecule has 2 rings (SSSR count). The van der Waals surface area contributed by atoms with E-state index in [1.165, 1.54) is 24.2 Å². The van der Waals surface area contributed by atoms with Crippen molar-refractivity contribution in [1.82, 2.24) is 10.2 Å². The van der Waals surface area contributed by atoms with E-state index >= 15 is 0 Å². The number of hydrogen-bond acceptors (Lipinski definition) is 5. The number of hydrogen-bond donors (Lipinski definition) is 1. The minimum atomic E-state index is -0.316. The van der Waals surface area contributed by atoms with Crippen LogP contribution in [0.3, 0.4) is 0 Å². The average molecular weight is 255 g/mol. The summed E-state index contributed by atoms with van der Waals surface area (Å²) in [6.07, 6.45) is 2.44. The summed E-state index contributed by atoms with van der Waals surface area (Å²) < 4.78 is 0. The first kappa shape index (κ1) is 12.5. The van der Waals surface area contributed by atoms with Gasteiger partial charge in [0.1, 0.15) is 0 Å². The van der Waals surface area contributed by atoms with Gasteiger partial charge in [0, 0.05) is 30.1 Å². The van der Waals surface area contributed by atoms with Crippen molar-refractivity contribution < 1.29 is 4.92 Å². The normalized spacial score (nSPS) is 20.9. The van der Waals surface area contributed by atoms with Crippen LogP contribution in [0.4, 0.5) is 5.00 Å². The first-order chi connectivity index (χ1) is 8.20. The molecule has 17 heavy (non-hydrogen) atoms. The van der Waals surface area contributed by atoms with Crippen LogP contribution in [0.1, 0.15) is 17.7 Å². The number of likely N-dealkylation sites (N-methyl/N-ethyl adjacent to an activating group) is 1. The number of thiophene rings is 1. The molecule has 1 unspecified atom stereocenters. The van der Waals surface area contributed by atoms with Crippen molar-refractivity contribution in [3.05, 3.63) is 27.1 Å². The van der Waals surface area contributed by atoms with Crippen LogP contribution in [0.25, 0.3) is 0 Å². The fourth-order valence-corrected chi connectivity index (χ4v) is 3.17. The fraction of sp³-hybridized carbons (Fsp3) is 0.636. The van der Waals surface area contributed by atoms with Crippen molar-refractivity contribution in [2.24, 2.45) is 0 Å². The Kier molecular flexibility index (Phi) is 4.09. The van der Waals surface area contributed by atoms with Crippen LogP contribution in [0.15, 0.2) is 12.1 Å². The monoisotopic (exact) mass is 255 g/mol. The molecule has 0 amide bonds. The molecule has 0 radical (unpaired) electrons. The van der Waals surface area contributed by atoms with E-state index in [2.05, 4.69) is 10.2 Å². The van der Waals surface area contributed by atoms with Gasteiger partial charge >= 0.3 is 5.00 Å². The van der Waals surface area contributed by atoms with Crippen molar-refractivity contribution in [2.75, 3.05) is 20.1 Å². The third-order valence-electron chi connectivity index (χ3n) is 3.13. The third kappa shape index (κ3) is 3.02. The lowest BCUT2D eigenvalue weighted by Crippen LogP contribution is -2.36. The summed E-state index contributed by atoms with van der Waals surface area (Å²) in [6, 6.07) is 4.04. The van der Waals surface area contributed by atoms with Gasteiger partial charge in [0.25, 0.3) is 0 Å². The van der Waals surface area contributed by atoms with Gasteiger partial charge in [0.2, 0.25) is 0 Å². The topological polar surface area (TPSA) is 58.4 Å². The standard InChI is InChI=1S/C11H17N3O2S/c1-12-7-9-3-2-6-13(9)8-10-4-5-11(17-10)14(15)16/h4-5,9,12H,2-3,6-8H2,1H3. The van der Waals surface area contributed by atoms with Crippen LogP contribution in [-0.2, 0) is 6.54 Å². The lowest BCUT2D eigenvalue weighted by Gasteiger charge is -2.23. The highest BCUT2D eigenvalue weighted by molar-refractivity contribution is 7.15. The molecule has 1 aliphatic rings. The van der Waals surface area contributed by atoms with Crippen molar-refractivity contribution in [3.63, 3.8) is 0 Å². The van der Waals surface area contributed by atoms with E-state index in [-0.39, 0.29) is 9.92 Å². The molecule has 1 saturated heterocycles. The summed E-state index contributed by atoms with van der Waals surface area (Å²) >= 11 is 1.29. The molecule has 1 aromatic rings. The van der Waals surface area contributed by atoms with Gasteiger partial charge in [0.15, 0.2) is 0 Å². The SMILES string of the molecule is CNCC1CCCN1Cc1ccc([N+](=O)[O-])s1. The predicted molar refractivity (Wildman–Crippen MR) is 68.3 cm³/mol. The largest absolute Gasteiger partial charge is 0.324 e. The van der Waals surface area contributed by atoms with E-state index in [9.17, 15) is 10.1 Å². The molecular weight excluding hydrogens is 238 g/mol. The van der Waals surface area contributed by atoms with E-state index in [0.717, 1.165) is 24.5 Å². The minimum Gasteiger partial charge on any atom is -0.318 e. The molecule has 0 spiro atoms. The zero-order valence-electron chi connectivity index (χ0n) is 9.89. The van der Waals surface area contributed by atoms with Gasteiger partial charge in [-0.1, -0.05) is 11.3 Å². The molecule has 94 valence electrons. The van der Waals surface area contributed by atoms with Crippen molar-refractivity contribution >= 4 is 16.3 Å². The summed E-state index contributed by atoms with van der Waals surface area (Å²) in [4.78, 5) is 13.8. The second-order valence-electron chi connectivity index (χ2n) is 4.32. The van der Waals surface area contributed by atoms with Crippen LogP contribution < -0.4 is 5.32 Å². The zero-order valence-corrected chi connectivity index (χ0v) is 10.7. The Morgan fingerprint density at radius 3 is 3.12 bits per heavy atom. The fourth-order valence-electron chi connectivity index (χ4n) is 2.32. The Labute approximate surface area is 105 Å². The molecule has 1 fully saturated rings. The summed E-state index contributed by atoms with van der Waals surface area (Å²) in [5.74, 6) is 0. The third-order valence-corrected chi connectivity index (χ3v) is 4.15. The molecule has 0 aromatic carbocycles. The predicted octanol–water partition coefficient (Wildman–Crippen LogP) is 1.84. The summed E-state index contributed by atoms with van der Waals surface area (Å²) in [7, 11) is 1.96. The number of nitrogens with zero attached hydrogens (tertiary/aromatic N) is 2. The number of nitro groups is 1. The zero-order chi connectivity index (χ0) is 12.3. The first-order valence-corrected chi connectivity index (χ1v) is 6.64. The summed E-state index contributed by atoms with van der Waals surface area (Å²) in [5.41, 5.74) is 0. The van der Waals surface area contributed by atoms with Crippen LogP contribution in [0.2, 0.25) is 0 Å². The molecular formula is C11H17N3O2S. The molecule has 5 nitrogen and oxygen atoms in total. The maximum absolute atomic E-state index is 10.6. The highest BCUT2D eigenvalue weighted by Crippen LogP contribution is 2.27. The van der Waals surface area contributed by atoms with Gasteiger partial charge < -0.3 is 5.32 Å². The Morgan fingerprint density at radius 2 is 2.47 bits per heavy atom. The van der Waals surface area contributed by atoms with Gasteiger partial charge in [-0.25, -0.2) is 0 Å². The van der Waals surface area contributed by atoms with Gasteiger partial charge in [-0.15, -0.1) is 0 Å². The first-order valence-electron chi connectivity index (χ1n) is 5.82. The molecule has 6 heteroatoms. The van der Waals surface area contributed by atoms with E-state index in [1.54, 1.807) is 6.07 Å². The Bertz CT molecular complexity index is 394. The number of rotatable bonds is 5. The Balaban J connectivity index is 1.97. The molecule has 0 bridgehead atoms. The van der Waals surface area contributed by atoms with E-state index in [0.29, 0.717) is 6.04 Å². The number of likely N-dealkylation sites (tertiary alicyclic amines) is 1. The molecule has 2 heterocycles. The minimum absolute atomic E-state index is 0.240. The lowest BCUT2D eigenvalue weighted by molar-refractivity contribution is -0.380. The smallest absolute Gasteiger partial charge is 0.318 e. The van der Waals surface area contributed by atoms with Crippen molar-refractivity contribution in [3.8, 4) is 0 Å². The lowest BCUT2D eigenvalue weighted by atomic mass is 10.2. The highest BCUT2D eigenvalue weighted by Gasteiger charge is 2.24. The quantitative estimate of drug-likeness (QED) is 0.644. The van der Waals surface area contributed by atoms with Crippen LogP contribution >= 0.6 is 11.3 Å². The van der Waals surface area contributed by atoms with E-state index < -0.39 is 0 Å². The highest BCUT2D eigenvalue weighted by atomic mass is 32.1. The molecule has 0 saturated carbocycles. The van der Waals surface area contributed by atoms with Gasteiger partial charge in [0.05, 0.1) is 4.92 Å². The molecule has 1 atom stereocenters. The molecule has 1 aromatic heterocycles. The second kappa shape index (κ2) is 5.57. The summed E-state index contributed by atoms with van der Waals surface area (Å²) in [5, 5.41) is 14.1. The molecule has 0 aliphatic carbocycles. The summed E-state index contributed by atoms with van der Waals surface area (Å²) in [6.45, 7) is 2.93.